The summed E-state index contributed by atoms with van der Waals surface area (Å²) >= 11 is 0. The molecule has 1 N–H and O–H groups in total. The van der Waals surface area contributed by atoms with E-state index in [1.54, 1.807) is 6.07 Å². The Bertz CT molecular complexity index is 410. The first-order valence-electron chi connectivity index (χ1n) is 7.16. The number of nitriles is 1. The number of hydrogen-bond acceptors (Lipinski definition) is 2. The number of hydrogen-bond donors (Lipinski definition) is 1. The highest BCUT2D eigenvalue weighted by molar-refractivity contribution is 5.33. The van der Waals surface area contributed by atoms with Crippen molar-refractivity contribution in [3.05, 3.63) is 35.1 Å². The predicted molar refractivity (Wildman–Crippen MR) is 76.2 cm³/mol. The van der Waals surface area contributed by atoms with E-state index in [4.69, 9.17) is 5.26 Å². The molecule has 3 heteroatoms. The van der Waals surface area contributed by atoms with Crippen LogP contribution in [-0.2, 0) is 6.54 Å². The second-order valence-corrected chi connectivity index (χ2v) is 4.90. The maximum atomic E-state index is 13.2. The molecule has 0 fully saturated rings. The van der Waals surface area contributed by atoms with Crippen molar-refractivity contribution in [1.29, 1.82) is 5.26 Å². The largest absolute Gasteiger partial charge is 0.313 e. The molecular formula is C16H23FN2. The minimum atomic E-state index is -0.338. The van der Waals surface area contributed by atoms with Gasteiger partial charge in [-0.1, -0.05) is 39.0 Å². The van der Waals surface area contributed by atoms with Crippen molar-refractivity contribution in [3.63, 3.8) is 0 Å². The average Bonchev–Trinajstić information content (AvgIpc) is 2.41. The van der Waals surface area contributed by atoms with Crippen molar-refractivity contribution < 1.29 is 4.39 Å². The van der Waals surface area contributed by atoms with Crippen LogP contribution >= 0.6 is 0 Å². The molecular weight excluding hydrogens is 239 g/mol. The first kappa shape index (κ1) is 15.7. The summed E-state index contributed by atoms with van der Waals surface area (Å²) in [5.41, 5.74) is 1.22. The number of benzene rings is 1. The molecule has 1 rings (SSSR count). The van der Waals surface area contributed by atoms with Crippen molar-refractivity contribution in [2.45, 2.75) is 52.0 Å². The molecule has 0 aliphatic heterocycles. The summed E-state index contributed by atoms with van der Waals surface area (Å²) in [5.74, 6) is -0.338. The van der Waals surface area contributed by atoms with E-state index in [2.05, 4.69) is 12.2 Å². The summed E-state index contributed by atoms with van der Waals surface area (Å²) in [5, 5.41) is 12.1. The third-order valence-corrected chi connectivity index (χ3v) is 3.12. The van der Waals surface area contributed by atoms with E-state index in [1.165, 1.54) is 44.2 Å². The van der Waals surface area contributed by atoms with E-state index in [-0.39, 0.29) is 5.82 Å². The fourth-order valence-corrected chi connectivity index (χ4v) is 2.08. The van der Waals surface area contributed by atoms with Crippen LogP contribution < -0.4 is 5.32 Å². The molecule has 0 unspecified atom stereocenters. The molecule has 0 spiro atoms. The lowest BCUT2D eigenvalue weighted by Crippen LogP contribution is -2.14. The summed E-state index contributed by atoms with van der Waals surface area (Å²) in [6, 6.07) is 6.45. The van der Waals surface area contributed by atoms with Gasteiger partial charge in [0.25, 0.3) is 0 Å². The Morgan fingerprint density at radius 2 is 1.84 bits per heavy atom. The van der Waals surface area contributed by atoms with Crippen LogP contribution in [0.5, 0.6) is 0 Å². The summed E-state index contributed by atoms with van der Waals surface area (Å²) < 4.78 is 13.2. The Morgan fingerprint density at radius 3 is 2.58 bits per heavy atom. The SMILES string of the molecule is CCCCCCCCNCc1cc(F)cc(C#N)c1. The fourth-order valence-electron chi connectivity index (χ4n) is 2.08. The summed E-state index contributed by atoms with van der Waals surface area (Å²) in [4.78, 5) is 0. The summed E-state index contributed by atoms with van der Waals surface area (Å²) in [6.45, 7) is 3.79. The van der Waals surface area contributed by atoms with Gasteiger partial charge >= 0.3 is 0 Å². The van der Waals surface area contributed by atoms with Crippen LogP contribution in [0.15, 0.2) is 18.2 Å². The monoisotopic (exact) mass is 262 g/mol. The van der Waals surface area contributed by atoms with Crippen LogP contribution in [0.1, 0.15) is 56.6 Å². The molecule has 0 amide bonds. The molecule has 104 valence electrons. The third kappa shape index (κ3) is 6.93. The van der Waals surface area contributed by atoms with Gasteiger partial charge < -0.3 is 5.32 Å². The van der Waals surface area contributed by atoms with Gasteiger partial charge in [-0.15, -0.1) is 0 Å². The smallest absolute Gasteiger partial charge is 0.124 e. The number of nitrogens with zero attached hydrogens (tertiary/aromatic N) is 1. The van der Waals surface area contributed by atoms with Crippen molar-refractivity contribution in [2.24, 2.45) is 0 Å². The number of unbranched alkanes of at least 4 members (excludes halogenated alkanes) is 5. The van der Waals surface area contributed by atoms with Crippen molar-refractivity contribution >= 4 is 0 Å². The normalized spacial score (nSPS) is 10.4. The highest BCUT2D eigenvalue weighted by Gasteiger charge is 2.00. The van der Waals surface area contributed by atoms with Crippen LogP contribution in [-0.4, -0.2) is 6.54 Å². The zero-order chi connectivity index (χ0) is 13.9. The second-order valence-electron chi connectivity index (χ2n) is 4.90. The number of halogens is 1. The van der Waals surface area contributed by atoms with Crippen molar-refractivity contribution in [2.75, 3.05) is 6.54 Å². The Kier molecular flexibility index (Phi) is 7.84. The first-order chi connectivity index (χ1) is 9.26. The van der Waals surface area contributed by atoms with Crippen LogP contribution in [0.2, 0.25) is 0 Å². The van der Waals surface area contributed by atoms with Gasteiger partial charge in [-0.3, -0.25) is 0 Å². The fraction of sp³-hybridized carbons (Fsp3) is 0.562. The van der Waals surface area contributed by atoms with Gasteiger partial charge in [-0.25, -0.2) is 4.39 Å². The minimum Gasteiger partial charge on any atom is -0.313 e. The van der Waals surface area contributed by atoms with Gasteiger partial charge in [-0.2, -0.15) is 5.26 Å². The lowest BCUT2D eigenvalue weighted by molar-refractivity contribution is 0.570. The van der Waals surface area contributed by atoms with Crippen LogP contribution in [0.3, 0.4) is 0 Å². The van der Waals surface area contributed by atoms with Gasteiger partial charge in [0.05, 0.1) is 11.6 Å². The van der Waals surface area contributed by atoms with E-state index < -0.39 is 0 Å². The molecule has 0 aliphatic rings. The maximum Gasteiger partial charge on any atom is 0.124 e. The molecule has 1 aromatic rings. The van der Waals surface area contributed by atoms with Crippen molar-refractivity contribution in [1.82, 2.24) is 5.32 Å². The molecule has 0 heterocycles. The molecule has 0 aliphatic carbocycles. The van der Waals surface area contributed by atoms with Crippen molar-refractivity contribution in [3.8, 4) is 6.07 Å². The number of rotatable bonds is 9. The second kappa shape index (κ2) is 9.52. The van der Waals surface area contributed by atoms with E-state index in [0.717, 1.165) is 18.5 Å². The van der Waals surface area contributed by atoms with Gasteiger partial charge in [0.1, 0.15) is 5.82 Å². The molecule has 0 saturated heterocycles. The molecule has 0 radical (unpaired) electrons. The Morgan fingerprint density at radius 1 is 1.11 bits per heavy atom. The maximum absolute atomic E-state index is 13.2. The molecule has 0 atom stereocenters. The lowest BCUT2D eigenvalue weighted by atomic mass is 10.1. The van der Waals surface area contributed by atoms with Gasteiger partial charge in [0.15, 0.2) is 0 Å². The van der Waals surface area contributed by atoms with Crippen LogP contribution in [0.25, 0.3) is 0 Å². The van der Waals surface area contributed by atoms with Crippen LogP contribution in [0, 0.1) is 17.1 Å². The van der Waals surface area contributed by atoms with E-state index in [0.29, 0.717) is 12.1 Å². The van der Waals surface area contributed by atoms with Crippen LogP contribution in [0.4, 0.5) is 4.39 Å². The van der Waals surface area contributed by atoms with Gasteiger partial charge in [0.2, 0.25) is 0 Å². The predicted octanol–water partition coefficient (Wildman–Crippen LogP) is 4.15. The van der Waals surface area contributed by atoms with E-state index in [9.17, 15) is 4.39 Å². The molecule has 0 saturated carbocycles. The Balaban J connectivity index is 2.16. The lowest BCUT2D eigenvalue weighted by Gasteiger charge is -2.05. The molecule has 0 aromatic heterocycles. The summed E-state index contributed by atoms with van der Waals surface area (Å²) in [6.07, 6.45) is 7.64. The third-order valence-electron chi connectivity index (χ3n) is 3.12. The minimum absolute atomic E-state index is 0.338. The topological polar surface area (TPSA) is 35.8 Å². The van der Waals surface area contributed by atoms with Gasteiger partial charge in [0, 0.05) is 6.54 Å². The molecule has 0 bridgehead atoms. The molecule has 2 nitrogen and oxygen atoms in total. The first-order valence-corrected chi connectivity index (χ1v) is 7.16. The Labute approximate surface area is 115 Å². The Hall–Kier alpha value is -1.40. The molecule has 19 heavy (non-hydrogen) atoms. The highest BCUT2D eigenvalue weighted by atomic mass is 19.1. The quantitative estimate of drug-likeness (QED) is 0.679. The zero-order valence-electron chi connectivity index (χ0n) is 11.7. The van der Waals surface area contributed by atoms with E-state index in [1.807, 2.05) is 6.07 Å². The average molecular weight is 262 g/mol. The molecule has 1 aromatic carbocycles. The van der Waals surface area contributed by atoms with E-state index >= 15 is 0 Å². The number of nitrogens with one attached hydrogen (secondary N) is 1. The highest BCUT2D eigenvalue weighted by Crippen LogP contribution is 2.08. The standard InChI is InChI=1S/C16H23FN2/c1-2-3-4-5-6-7-8-19-13-15-9-14(12-18)10-16(17)11-15/h9-11,19H,2-8,13H2,1H3. The summed E-state index contributed by atoms with van der Waals surface area (Å²) in [7, 11) is 0. The zero-order valence-corrected chi connectivity index (χ0v) is 11.7. The van der Waals surface area contributed by atoms with Gasteiger partial charge in [-0.05, 0) is 36.7 Å².